The molecule has 1 N–H and O–H groups in total. The molecule has 0 radical (unpaired) electrons. The lowest BCUT2D eigenvalue weighted by Crippen LogP contribution is -2.32. The maximum atomic E-state index is 9.59. The predicted octanol–water partition coefficient (Wildman–Crippen LogP) is 1.30. The average molecular weight is 198 g/mol. The smallest absolute Gasteiger partial charge is 0.168 e. The summed E-state index contributed by atoms with van der Waals surface area (Å²) in [5.41, 5.74) is 0. The monoisotopic (exact) mass is 198 g/mol. The zero-order valence-electron chi connectivity index (χ0n) is 9.04. The van der Waals surface area contributed by atoms with Gasteiger partial charge in [-0.1, -0.05) is 19.8 Å². The molecule has 2 unspecified atom stereocenters. The first kappa shape index (κ1) is 11.5. The van der Waals surface area contributed by atoms with Crippen LogP contribution in [0.25, 0.3) is 0 Å². The van der Waals surface area contributed by atoms with Gasteiger partial charge in [-0.2, -0.15) is 0 Å². The predicted molar refractivity (Wildman–Crippen MR) is 53.6 cm³/mol. The van der Waals surface area contributed by atoms with Crippen LogP contribution in [-0.2, 0) is 9.47 Å². The summed E-state index contributed by atoms with van der Waals surface area (Å²) in [5, 5.41) is 9.59. The standard InChI is InChI=1S/C11H18O3/c1-4-7-9(12)10-8-13-11(5-2,6-3)14-10/h9-10,12H,5-6,8H2,1-3H3. The minimum Gasteiger partial charge on any atom is -0.378 e. The molecular weight excluding hydrogens is 180 g/mol. The Morgan fingerprint density at radius 3 is 2.57 bits per heavy atom. The van der Waals surface area contributed by atoms with E-state index in [0.29, 0.717) is 6.61 Å². The van der Waals surface area contributed by atoms with Gasteiger partial charge in [0, 0.05) is 0 Å². The van der Waals surface area contributed by atoms with Crippen LogP contribution in [0, 0.1) is 11.8 Å². The Bertz CT molecular complexity index is 235. The van der Waals surface area contributed by atoms with E-state index >= 15 is 0 Å². The number of hydrogen-bond acceptors (Lipinski definition) is 3. The first-order chi connectivity index (χ1) is 6.67. The van der Waals surface area contributed by atoms with E-state index in [1.807, 2.05) is 13.8 Å². The molecule has 80 valence electrons. The Labute approximate surface area is 85.4 Å². The topological polar surface area (TPSA) is 38.7 Å². The van der Waals surface area contributed by atoms with E-state index in [9.17, 15) is 5.11 Å². The van der Waals surface area contributed by atoms with Gasteiger partial charge in [0.1, 0.15) is 12.2 Å². The van der Waals surface area contributed by atoms with E-state index in [4.69, 9.17) is 9.47 Å². The maximum Gasteiger partial charge on any atom is 0.168 e. The van der Waals surface area contributed by atoms with Crippen LogP contribution in [0.3, 0.4) is 0 Å². The normalized spacial score (nSPS) is 26.7. The van der Waals surface area contributed by atoms with Crippen molar-refractivity contribution in [1.29, 1.82) is 0 Å². The molecule has 0 aromatic carbocycles. The molecule has 1 saturated heterocycles. The summed E-state index contributed by atoms with van der Waals surface area (Å²) in [5.74, 6) is 4.85. The van der Waals surface area contributed by atoms with Gasteiger partial charge < -0.3 is 14.6 Å². The maximum absolute atomic E-state index is 9.59. The lowest BCUT2D eigenvalue weighted by molar-refractivity contribution is -0.178. The molecule has 2 atom stereocenters. The van der Waals surface area contributed by atoms with Gasteiger partial charge in [-0.05, 0) is 19.8 Å². The second-order valence-electron chi connectivity index (χ2n) is 3.42. The third-order valence-corrected chi connectivity index (χ3v) is 2.60. The van der Waals surface area contributed by atoms with Crippen LogP contribution in [0.4, 0.5) is 0 Å². The molecule has 0 spiro atoms. The summed E-state index contributed by atoms with van der Waals surface area (Å²) in [6.45, 7) is 6.16. The molecule has 0 aromatic rings. The fraction of sp³-hybridized carbons (Fsp3) is 0.818. The molecule has 1 aliphatic heterocycles. The van der Waals surface area contributed by atoms with Gasteiger partial charge in [0.15, 0.2) is 5.79 Å². The van der Waals surface area contributed by atoms with Crippen LogP contribution in [-0.4, -0.2) is 29.7 Å². The summed E-state index contributed by atoms with van der Waals surface area (Å²) in [6, 6.07) is 0. The molecule has 14 heavy (non-hydrogen) atoms. The van der Waals surface area contributed by atoms with E-state index in [0.717, 1.165) is 12.8 Å². The molecule has 1 rings (SSSR count). The molecule has 1 fully saturated rings. The molecule has 1 heterocycles. The Morgan fingerprint density at radius 2 is 2.14 bits per heavy atom. The summed E-state index contributed by atoms with van der Waals surface area (Å²) in [6.07, 6.45) is 0.556. The van der Waals surface area contributed by atoms with Crippen molar-refractivity contribution in [3.05, 3.63) is 0 Å². The summed E-state index contributed by atoms with van der Waals surface area (Å²) < 4.78 is 11.3. The first-order valence-electron chi connectivity index (χ1n) is 5.09. The van der Waals surface area contributed by atoms with Crippen molar-refractivity contribution in [2.45, 2.75) is 51.6 Å². The van der Waals surface area contributed by atoms with Gasteiger partial charge >= 0.3 is 0 Å². The molecule has 3 heteroatoms. The van der Waals surface area contributed by atoms with Crippen LogP contribution in [0.2, 0.25) is 0 Å². The lowest BCUT2D eigenvalue weighted by Gasteiger charge is -2.25. The van der Waals surface area contributed by atoms with Crippen molar-refractivity contribution in [3.8, 4) is 11.8 Å². The zero-order chi connectivity index (χ0) is 10.6. The third-order valence-electron chi connectivity index (χ3n) is 2.60. The highest BCUT2D eigenvalue weighted by Crippen LogP contribution is 2.31. The number of aliphatic hydroxyl groups excluding tert-OH is 1. The third kappa shape index (κ3) is 2.27. The van der Waals surface area contributed by atoms with Crippen molar-refractivity contribution in [2.75, 3.05) is 6.61 Å². The van der Waals surface area contributed by atoms with Gasteiger partial charge in [-0.25, -0.2) is 0 Å². The quantitative estimate of drug-likeness (QED) is 0.695. The largest absolute Gasteiger partial charge is 0.378 e. The van der Waals surface area contributed by atoms with Crippen molar-refractivity contribution >= 4 is 0 Å². The molecule has 0 bridgehead atoms. The molecule has 0 aliphatic carbocycles. The van der Waals surface area contributed by atoms with E-state index in [2.05, 4.69) is 11.8 Å². The SMILES string of the molecule is CC#CC(O)C1COC(CC)(CC)O1. The second-order valence-corrected chi connectivity index (χ2v) is 3.42. The molecule has 0 saturated carbocycles. The van der Waals surface area contributed by atoms with Crippen LogP contribution >= 0.6 is 0 Å². The Kier molecular flexibility index (Phi) is 3.94. The average Bonchev–Trinajstić information content (AvgIpc) is 2.63. The van der Waals surface area contributed by atoms with Crippen molar-refractivity contribution < 1.29 is 14.6 Å². The molecule has 3 nitrogen and oxygen atoms in total. The summed E-state index contributed by atoms with van der Waals surface area (Å²) >= 11 is 0. The van der Waals surface area contributed by atoms with Crippen molar-refractivity contribution in [2.24, 2.45) is 0 Å². The van der Waals surface area contributed by atoms with Crippen LogP contribution in [0.15, 0.2) is 0 Å². The number of aliphatic hydroxyl groups is 1. The zero-order valence-corrected chi connectivity index (χ0v) is 9.04. The Balaban J connectivity index is 2.58. The highest BCUT2D eigenvalue weighted by molar-refractivity contribution is 5.05. The van der Waals surface area contributed by atoms with Crippen LogP contribution in [0.5, 0.6) is 0 Å². The summed E-state index contributed by atoms with van der Waals surface area (Å²) in [4.78, 5) is 0. The Morgan fingerprint density at radius 1 is 1.50 bits per heavy atom. The number of rotatable bonds is 3. The van der Waals surface area contributed by atoms with E-state index in [-0.39, 0.29) is 6.10 Å². The van der Waals surface area contributed by atoms with E-state index in [1.54, 1.807) is 6.92 Å². The van der Waals surface area contributed by atoms with Gasteiger partial charge in [0.25, 0.3) is 0 Å². The minimum atomic E-state index is -0.736. The lowest BCUT2D eigenvalue weighted by atomic mass is 10.1. The molecule has 1 aliphatic rings. The van der Waals surface area contributed by atoms with Gasteiger partial charge in [0.2, 0.25) is 0 Å². The Hall–Kier alpha value is -0.560. The molecule has 0 aromatic heterocycles. The summed E-state index contributed by atoms with van der Waals surface area (Å²) in [7, 11) is 0. The number of ether oxygens (including phenoxy) is 2. The fourth-order valence-corrected chi connectivity index (χ4v) is 1.60. The van der Waals surface area contributed by atoms with Crippen LogP contribution in [0.1, 0.15) is 33.6 Å². The van der Waals surface area contributed by atoms with E-state index in [1.165, 1.54) is 0 Å². The highest BCUT2D eigenvalue weighted by atomic mass is 16.7. The van der Waals surface area contributed by atoms with Gasteiger partial charge in [-0.15, -0.1) is 5.92 Å². The number of hydrogen-bond donors (Lipinski definition) is 1. The van der Waals surface area contributed by atoms with Crippen molar-refractivity contribution in [1.82, 2.24) is 0 Å². The van der Waals surface area contributed by atoms with Crippen LogP contribution < -0.4 is 0 Å². The van der Waals surface area contributed by atoms with Gasteiger partial charge in [-0.3, -0.25) is 0 Å². The highest BCUT2D eigenvalue weighted by Gasteiger charge is 2.40. The van der Waals surface area contributed by atoms with Crippen molar-refractivity contribution in [3.63, 3.8) is 0 Å². The molecule has 0 amide bonds. The minimum absolute atomic E-state index is 0.303. The second kappa shape index (κ2) is 4.79. The first-order valence-corrected chi connectivity index (χ1v) is 5.09. The molecular formula is C11H18O3. The van der Waals surface area contributed by atoms with Gasteiger partial charge in [0.05, 0.1) is 6.61 Å². The fourth-order valence-electron chi connectivity index (χ4n) is 1.60. The van der Waals surface area contributed by atoms with E-state index < -0.39 is 11.9 Å².